The minimum atomic E-state index is 0.0134. The molecule has 1 N–H and O–H groups in total. The van der Waals surface area contributed by atoms with Crippen LogP contribution in [0.4, 0.5) is 5.95 Å². The van der Waals surface area contributed by atoms with Crippen molar-refractivity contribution in [3.05, 3.63) is 17.5 Å². The van der Waals surface area contributed by atoms with E-state index in [1.807, 2.05) is 6.92 Å². The summed E-state index contributed by atoms with van der Waals surface area (Å²) in [6.45, 7) is 8.59. The molecule has 0 aliphatic carbocycles. The van der Waals surface area contributed by atoms with Crippen LogP contribution in [0.15, 0.2) is 6.20 Å². The molecule has 2 unspecified atom stereocenters. The van der Waals surface area contributed by atoms with Crippen molar-refractivity contribution >= 4 is 5.95 Å². The molecule has 0 radical (unpaired) electrons. The number of piperidine rings is 1. The number of rotatable bonds is 2. The zero-order valence-electron chi connectivity index (χ0n) is 10.8. The molecule has 2 rings (SSSR count). The van der Waals surface area contributed by atoms with Gasteiger partial charge in [0.15, 0.2) is 0 Å². The van der Waals surface area contributed by atoms with Gasteiger partial charge in [-0.1, -0.05) is 13.8 Å². The molecule has 1 saturated heterocycles. The highest BCUT2D eigenvalue weighted by Gasteiger charge is 2.24. The Hall–Kier alpha value is -1.16. The fraction of sp³-hybridized carbons (Fsp3) is 0.692. The summed E-state index contributed by atoms with van der Waals surface area (Å²) in [7, 11) is 0. The van der Waals surface area contributed by atoms with Crippen molar-refractivity contribution in [3.63, 3.8) is 0 Å². The summed E-state index contributed by atoms with van der Waals surface area (Å²) in [4.78, 5) is 11.1. The van der Waals surface area contributed by atoms with E-state index in [0.29, 0.717) is 5.92 Å². The zero-order valence-corrected chi connectivity index (χ0v) is 10.8. The van der Waals surface area contributed by atoms with E-state index in [1.54, 1.807) is 6.20 Å². The van der Waals surface area contributed by atoms with Gasteiger partial charge in [-0.2, -0.15) is 0 Å². The second kappa shape index (κ2) is 5.00. The van der Waals surface area contributed by atoms with E-state index < -0.39 is 0 Å². The normalized spacial score (nSPS) is 25.1. The number of hydrogen-bond donors (Lipinski definition) is 1. The third-order valence-electron chi connectivity index (χ3n) is 3.86. The van der Waals surface area contributed by atoms with Crippen LogP contribution >= 0.6 is 0 Å². The minimum Gasteiger partial charge on any atom is -0.392 e. The number of aromatic nitrogens is 2. The van der Waals surface area contributed by atoms with Gasteiger partial charge >= 0.3 is 0 Å². The topological polar surface area (TPSA) is 49.2 Å². The molecule has 1 aliphatic heterocycles. The number of aliphatic hydroxyl groups excluding tert-OH is 1. The molecule has 0 aromatic carbocycles. The molecule has 1 aromatic rings. The monoisotopic (exact) mass is 235 g/mol. The van der Waals surface area contributed by atoms with Crippen molar-refractivity contribution in [2.45, 2.75) is 33.8 Å². The molecule has 0 bridgehead atoms. The molecule has 4 nitrogen and oxygen atoms in total. The van der Waals surface area contributed by atoms with Crippen molar-refractivity contribution in [2.24, 2.45) is 11.8 Å². The van der Waals surface area contributed by atoms with E-state index >= 15 is 0 Å². The highest BCUT2D eigenvalue weighted by molar-refractivity contribution is 5.33. The fourth-order valence-corrected chi connectivity index (χ4v) is 2.23. The Morgan fingerprint density at radius 2 is 2.18 bits per heavy atom. The van der Waals surface area contributed by atoms with Crippen LogP contribution in [0.3, 0.4) is 0 Å². The van der Waals surface area contributed by atoms with Gasteiger partial charge in [-0.15, -0.1) is 0 Å². The van der Waals surface area contributed by atoms with E-state index in [9.17, 15) is 0 Å². The van der Waals surface area contributed by atoms with Crippen molar-refractivity contribution in [3.8, 4) is 0 Å². The third-order valence-corrected chi connectivity index (χ3v) is 3.86. The van der Waals surface area contributed by atoms with Crippen molar-refractivity contribution < 1.29 is 5.11 Å². The number of anilines is 1. The lowest BCUT2D eigenvalue weighted by molar-refractivity contribution is 0.279. The Bertz CT molecular complexity index is 394. The zero-order chi connectivity index (χ0) is 12.4. The second-order valence-electron chi connectivity index (χ2n) is 5.13. The van der Waals surface area contributed by atoms with Gasteiger partial charge in [-0.25, -0.2) is 9.97 Å². The summed E-state index contributed by atoms with van der Waals surface area (Å²) in [6, 6.07) is 0. The summed E-state index contributed by atoms with van der Waals surface area (Å²) >= 11 is 0. The molecule has 2 heterocycles. The van der Waals surface area contributed by atoms with Crippen LogP contribution in [0.5, 0.6) is 0 Å². The van der Waals surface area contributed by atoms with Gasteiger partial charge in [0.2, 0.25) is 5.95 Å². The Labute approximate surface area is 103 Å². The molecule has 1 aliphatic rings. The van der Waals surface area contributed by atoms with Gasteiger partial charge in [0.05, 0.1) is 6.61 Å². The predicted octanol–water partition coefficient (Wildman–Crippen LogP) is 1.76. The summed E-state index contributed by atoms with van der Waals surface area (Å²) in [5, 5.41) is 9.10. The lowest BCUT2D eigenvalue weighted by atomic mass is 9.89. The van der Waals surface area contributed by atoms with E-state index in [2.05, 4.69) is 28.7 Å². The summed E-state index contributed by atoms with van der Waals surface area (Å²) in [6.07, 6.45) is 2.94. The maximum Gasteiger partial charge on any atom is 0.225 e. The molecule has 17 heavy (non-hydrogen) atoms. The Kier molecular flexibility index (Phi) is 3.62. The lowest BCUT2D eigenvalue weighted by Gasteiger charge is -2.35. The molecule has 1 fully saturated rings. The number of aryl methyl sites for hydroxylation is 1. The van der Waals surface area contributed by atoms with Gasteiger partial charge in [-0.05, 0) is 25.2 Å². The smallest absolute Gasteiger partial charge is 0.225 e. The number of hydrogen-bond acceptors (Lipinski definition) is 4. The molecule has 4 heteroatoms. The summed E-state index contributed by atoms with van der Waals surface area (Å²) < 4.78 is 0. The molecular formula is C13H21N3O. The van der Waals surface area contributed by atoms with Gasteiger partial charge in [0.25, 0.3) is 0 Å². The Morgan fingerprint density at radius 1 is 1.41 bits per heavy atom. The first-order valence-corrected chi connectivity index (χ1v) is 6.30. The molecule has 94 valence electrons. The Morgan fingerprint density at radius 3 is 2.76 bits per heavy atom. The van der Waals surface area contributed by atoms with Crippen LogP contribution < -0.4 is 4.90 Å². The first-order chi connectivity index (χ1) is 8.11. The van der Waals surface area contributed by atoms with Gasteiger partial charge < -0.3 is 10.0 Å². The van der Waals surface area contributed by atoms with Gasteiger partial charge in [0.1, 0.15) is 0 Å². The summed E-state index contributed by atoms with van der Waals surface area (Å²) in [5.41, 5.74) is 1.69. The molecule has 1 aromatic heterocycles. The van der Waals surface area contributed by atoms with Crippen LogP contribution in [0.2, 0.25) is 0 Å². The van der Waals surface area contributed by atoms with E-state index in [0.717, 1.165) is 36.2 Å². The van der Waals surface area contributed by atoms with E-state index in [4.69, 9.17) is 5.11 Å². The van der Waals surface area contributed by atoms with Crippen LogP contribution in [-0.4, -0.2) is 28.2 Å². The second-order valence-corrected chi connectivity index (χ2v) is 5.13. The maximum atomic E-state index is 9.10. The van der Waals surface area contributed by atoms with Crippen molar-refractivity contribution in [2.75, 3.05) is 18.0 Å². The highest BCUT2D eigenvalue weighted by Crippen LogP contribution is 2.25. The first-order valence-electron chi connectivity index (χ1n) is 6.30. The number of nitrogens with zero attached hydrogens (tertiary/aromatic N) is 3. The molecular weight excluding hydrogens is 214 g/mol. The van der Waals surface area contributed by atoms with E-state index in [1.165, 1.54) is 6.42 Å². The van der Waals surface area contributed by atoms with Gasteiger partial charge in [0, 0.05) is 30.5 Å². The van der Waals surface area contributed by atoms with Gasteiger partial charge in [-0.3, -0.25) is 0 Å². The molecule has 0 saturated carbocycles. The molecule has 0 spiro atoms. The van der Waals surface area contributed by atoms with Crippen LogP contribution in [0.1, 0.15) is 31.5 Å². The minimum absolute atomic E-state index is 0.0134. The summed E-state index contributed by atoms with van der Waals surface area (Å²) in [5.74, 6) is 2.27. The lowest BCUT2D eigenvalue weighted by Crippen LogP contribution is -2.39. The molecule has 2 atom stereocenters. The Balaban J connectivity index is 2.15. The average molecular weight is 235 g/mol. The average Bonchev–Trinajstić information content (AvgIpc) is 2.32. The maximum absolute atomic E-state index is 9.10. The van der Waals surface area contributed by atoms with Crippen molar-refractivity contribution in [1.29, 1.82) is 0 Å². The fourth-order valence-electron chi connectivity index (χ4n) is 2.23. The third kappa shape index (κ3) is 2.57. The quantitative estimate of drug-likeness (QED) is 0.848. The van der Waals surface area contributed by atoms with Crippen LogP contribution in [-0.2, 0) is 6.61 Å². The van der Waals surface area contributed by atoms with Crippen LogP contribution in [0, 0.1) is 18.8 Å². The largest absolute Gasteiger partial charge is 0.392 e. The number of aliphatic hydroxyl groups is 1. The predicted molar refractivity (Wildman–Crippen MR) is 67.8 cm³/mol. The SMILES string of the molecule is Cc1nc(N2CCC(C)C(C)C2)ncc1CO. The standard InChI is InChI=1S/C13H21N3O/c1-9-4-5-16(7-10(9)2)13-14-6-12(8-17)11(3)15-13/h6,9-10,17H,4-5,7-8H2,1-3H3. The highest BCUT2D eigenvalue weighted by atomic mass is 16.3. The van der Waals surface area contributed by atoms with E-state index in [-0.39, 0.29) is 6.61 Å². The molecule has 0 amide bonds. The van der Waals surface area contributed by atoms with Crippen LogP contribution in [0.25, 0.3) is 0 Å². The van der Waals surface area contributed by atoms with Crippen molar-refractivity contribution in [1.82, 2.24) is 9.97 Å². The first kappa shape index (κ1) is 12.3.